The number of hydrogen-bond acceptors (Lipinski definition) is 1. The van der Waals surface area contributed by atoms with Crippen LogP contribution in [0.2, 0.25) is 0 Å². The summed E-state index contributed by atoms with van der Waals surface area (Å²) in [4.78, 5) is 4.61. The summed E-state index contributed by atoms with van der Waals surface area (Å²) < 4.78 is 3.36. The summed E-state index contributed by atoms with van der Waals surface area (Å²) in [5.74, 6) is 0.698. The topological polar surface area (TPSA) is 17.8 Å². The number of aromatic nitrogens is 2. The molecule has 0 bridgehead atoms. The smallest absolute Gasteiger partial charge is 0.177 e. The monoisotopic (exact) mass is 256 g/mol. The molecule has 0 aliphatic carbocycles. The van der Waals surface area contributed by atoms with E-state index in [9.17, 15) is 0 Å². The van der Waals surface area contributed by atoms with Crippen molar-refractivity contribution < 1.29 is 0 Å². The molecule has 0 fully saturated rings. The summed E-state index contributed by atoms with van der Waals surface area (Å²) in [6.45, 7) is 5.64. The van der Waals surface area contributed by atoms with Crippen molar-refractivity contribution in [2.45, 2.75) is 46.1 Å². The van der Waals surface area contributed by atoms with E-state index in [0.717, 1.165) is 17.7 Å². The van der Waals surface area contributed by atoms with Gasteiger partial charge in [0.2, 0.25) is 0 Å². The number of halogens is 1. The lowest BCUT2D eigenvalue weighted by atomic mass is 10.0. The molecule has 0 unspecified atom stereocenters. The number of hydrogen-bond donors (Lipinski definition) is 0. The lowest BCUT2D eigenvalue weighted by molar-refractivity contribution is 0.518. The lowest BCUT2D eigenvalue weighted by Crippen LogP contribution is -2.11. The minimum absolute atomic E-state index is 0.698. The Balaban J connectivity index is 2.31. The average molecular weight is 257 g/mol. The zero-order valence-electron chi connectivity index (χ0n) is 8.89. The molecule has 0 N–H and O–H groups in total. The number of nitrogens with zero attached hydrogens (tertiary/aromatic N) is 2. The van der Waals surface area contributed by atoms with Crippen LogP contribution in [-0.2, 0) is 19.4 Å². The fourth-order valence-electron chi connectivity index (χ4n) is 2.12. The van der Waals surface area contributed by atoms with Crippen LogP contribution < -0.4 is 0 Å². The fraction of sp³-hybridized carbons (Fsp3) is 0.727. The molecule has 0 atom stereocenters. The summed E-state index contributed by atoms with van der Waals surface area (Å²) in [5.41, 5.74) is 2.78. The Hall–Kier alpha value is -0.310. The molecule has 0 spiro atoms. The summed E-state index contributed by atoms with van der Waals surface area (Å²) in [7, 11) is 0. The molecule has 3 heteroatoms. The minimum Gasteiger partial charge on any atom is -0.322 e. The van der Waals surface area contributed by atoms with E-state index >= 15 is 0 Å². The average Bonchev–Trinajstić information content (AvgIpc) is 2.44. The summed E-state index contributed by atoms with van der Waals surface area (Å²) in [5, 5.41) is 0. The van der Waals surface area contributed by atoms with Crippen LogP contribution in [0.1, 0.15) is 38.1 Å². The highest BCUT2D eigenvalue weighted by molar-refractivity contribution is 9.10. The first-order chi connectivity index (χ1) is 6.68. The fourth-order valence-corrected chi connectivity index (χ4v) is 2.73. The third kappa shape index (κ3) is 1.88. The van der Waals surface area contributed by atoms with Crippen molar-refractivity contribution in [3.63, 3.8) is 0 Å². The number of imidazole rings is 1. The number of rotatable bonds is 2. The molecular formula is C11H17BrN2. The van der Waals surface area contributed by atoms with Crippen molar-refractivity contribution in [3.05, 3.63) is 16.1 Å². The van der Waals surface area contributed by atoms with Crippen LogP contribution in [0, 0.1) is 5.92 Å². The molecule has 2 heterocycles. The third-order valence-corrected chi connectivity index (χ3v) is 3.36. The second-order valence-corrected chi connectivity index (χ2v) is 5.19. The Bertz CT molecular complexity index is 328. The highest BCUT2D eigenvalue weighted by Gasteiger charge is 2.18. The van der Waals surface area contributed by atoms with Gasteiger partial charge in [-0.2, -0.15) is 0 Å². The first-order valence-corrected chi connectivity index (χ1v) is 6.21. The molecule has 0 radical (unpaired) electrons. The van der Waals surface area contributed by atoms with Crippen molar-refractivity contribution in [3.8, 4) is 0 Å². The van der Waals surface area contributed by atoms with Gasteiger partial charge in [0, 0.05) is 12.2 Å². The van der Waals surface area contributed by atoms with Crippen molar-refractivity contribution in [2.75, 3.05) is 0 Å². The van der Waals surface area contributed by atoms with E-state index in [1.807, 2.05) is 0 Å². The van der Waals surface area contributed by atoms with Gasteiger partial charge in [-0.05, 0) is 47.5 Å². The van der Waals surface area contributed by atoms with Crippen LogP contribution in [0.25, 0.3) is 0 Å². The Morgan fingerprint density at radius 3 is 2.93 bits per heavy atom. The second-order valence-electron chi connectivity index (χ2n) is 4.48. The van der Waals surface area contributed by atoms with Gasteiger partial charge < -0.3 is 4.57 Å². The van der Waals surface area contributed by atoms with Crippen LogP contribution in [-0.4, -0.2) is 9.55 Å². The maximum atomic E-state index is 4.61. The molecular weight excluding hydrogens is 240 g/mol. The quantitative estimate of drug-likeness (QED) is 0.795. The van der Waals surface area contributed by atoms with Gasteiger partial charge in [0.25, 0.3) is 0 Å². The molecule has 2 nitrogen and oxygen atoms in total. The molecule has 0 saturated heterocycles. The molecule has 0 saturated carbocycles. The molecule has 1 aromatic heterocycles. The van der Waals surface area contributed by atoms with E-state index < -0.39 is 0 Å². The standard InChI is InChI=1S/C11H17BrN2/c1-8(2)7-9-10-5-3-4-6-14(10)11(12)13-9/h8H,3-7H2,1-2H3. The summed E-state index contributed by atoms with van der Waals surface area (Å²) in [6.07, 6.45) is 4.94. The van der Waals surface area contributed by atoms with Crippen LogP contribution >= 0.6 is 15.9 Å². The van der Waals surface area contributed by atoms with E-state index in [1.54, 1.807) is 0 Å². The molecule has 1 aliphatic rings. The maximum Gasteiger partial charge on any atom is 0.177 e. The van der Waals surface area contributed by atoms with Crippen LogP contribution in [0.3, 0.4) is 0 Å². The van der Waals surface area contributed by atoms with Crippen molar-refractivity contribution in [1.29, 1.82) is 0 Å². The van der Waals surface area contributed by atoms with Crippen LogP contribution in [0.15, 0.2) is 4.73 Å². The van der Waals surface area contributed by atoms with E-state index in [1.165, 1.54) is 30.7 Å². The van der Waals surface area contributed by atoms with Gasteiger partial charge in [-0.25, -0.2) is 4.98 Å². The Kier molecular flexibility index (Phi) is 2.96. The predicted molar refractivity (Wildman–Crippen MR) is 61.4 cm³/mol. The van der Waals surface area contributed by atoms with Gasteiger partial charge in [0.05, 0.1) is 5.69 Å². The van der Waals surface area contributed by atoms with E-state index in [0.29, 0.717) is 5.92 Å². The Morgan fingerprint density at radius 2 is 2.21 bits per heavy atom. The van der Waals surface area contributed by atoms with E-state index in [4.69, 9.17) is 0 Å². The summed E-state index contributed by atoms with van der Waals surface area (Å²) in [6, 6.07) is 0. The van der Waals surface area contributed by atoms with Crippen molar-refractivity contribution >= 4 is 15.9 Å². The van der Waals surface area contributed by atoms with Crippen molar-refractivity contribution in [1.82, 2.24) is 9.55 Å². The first-order valence-electron chi connectivity index (χ1n) is 5.42. The molecule has 0 aromatic carbocycles. The van der Waals surface area contributed by atoms with Gasteiger partial charge in [-0.1, -0.05) is 13.8 Å². The minimum atomic E-state index is 0.698. The molecule has 14 heavy (non-hydrogen) atoms. The Morgan fingerprint density at radius 1 is 1.43 bits per heavy atom. The highest BCUT2D eigenvalue weighted by Crippen LogP contribution is 2.25. The first kappa shape index (κ1) is 10.2. The second kappa shape index (κ2) is 4.05. The van der Waals surface area contributed by atoms with E-state index in [-0.39, 0.29) is 0 Å². The molecule has 2 rings (SSSR count). The summed E-state index contributed by atoms with van der Waals surface area (Å²) >= 11 is 3.54. The van der Waals surface area contributed by atoms with Gasteiger partial charge in [-0.15, -0.1) is 0 Å². The lowest BCUT2D eigenvalue weighted by Gasteiger charge is -2.16. The molecule has 78 valence electrons. The van der Waals surface area contributed by atoms with Crippen LogP contribution in [0.4, 0.5) is 0 Å². The van der Waals surface area contributed by atoms with Gasteiger partial charge in [0.1, 0.15) is 0 Å². The predicted octanol–water partition coefficient (Wildman–Crippen LogP) is 3.18. The van der Waals surface area contributed by atoms with Gasteiger partial charge >= 0.3 is 0 Å². The molecule has 0 amide bonds. The molecule has 1 aromatic rings. The van der Waals surface area contributed by atoms with Crippen molar-refractivity contribution in [2.24, 2.45) is 5.92 Å². The largest absolute Gasteiger partial charge is 0.322 e. The zero-order chi connectivity index (χ0) is 10.1. The SMILES string of the molecule is CC(C)Cc1nc(Br)n2c1CCCC2. The van der Waals surface area contributed by atoms with E-state index in [2.05, 4.69) is 39.3 Å². The normalized spacial score (nSPS) is 16.0. The third-order valence-electron chi connectivity index (χ3n) is 2.76. The highest BCUT2D eigenvalue weighted by atomic mass is 79.9. The Labute approximate surface area is 93.9 Å². The van der Waals surface area contributed by atoms with Gasteiger partial charge in [-0.3, -0.25) is 0 Å². The number of fused-ring (bicyclic) bond motifs is 1. The maximum absolute atomic E-state index is 4.61. The van der Waals surface area contributed by atoms with Gasteiger partial charge in [0.15, 0.2) is 4.73 Å². The molecule has 1 aliphatic heterocycles. The van der Waals surface area contributed by atoms with Crippen LogP contribution in [0.5, 0.6) is 0 Å². The zero-order valence-corrected chi connectivity index (χ0v) is 10.5.